The van der Waals surface area contributed by atoms with E-state index in [1.54, 1.807) is 12.1 Å². The first-order valence-electron chi connectivity index (χ1n) is 17.1. The minimum atomic E-state index is -0.304. The summed E-state index contributed by atoms with van der Waals surface area (Å²) in [5.41, 5.74) is 3.02. The molecular weight excluding hydrogens is 533 g/mol. The lowest BCUT2D eigenvalue weighted by Gasteiger charge is -2.34. The van der Waals surface area contributed by atoms with Gasteiger partial charge < -0.3 is 9.80 Å². The first-order valence-corrected chi connectivity index (χ1v) is 17.1. The Hall–Kier alpha value is -2.69. The molecule has 1 aromatic carbocycles. The summed E-state index contributed by atoms with van der Waals surface area (Å²) in [5.74, 6) is 0.712. The molecule has 4 nitrogen and oxygen atoms in total. The van der Waals surface area contributed by atoms with Crippen LogP contribution in [0.15, 0.2) is 53.4 Å². The van der Waals surface area contributed by atoms with E-state index < -0.39 is 0 Å². The van der Waals surface area contributed by atoms with Crippen molar-refractivity contribution in [2.24, 2.45) is 10.9 Å². The number of rotatable bonds is 10. The molecule has 1 saturated heterocycles. The average Bonchev–Trinajstić information content (AvgIpc) is 3.21. The van der Waals surface area contributed by atoms with E-state index in [4.69, 9.17) is 0 Å². The SMILES string of the molecule is C=C(/C=C(/N=C/C(=O)N1CCCCCC1C)N(C)/C(=C\C)C1CCC1)c1ccc(C)cc1F.CC.CC.CCCCCC. The van der Waals surface area contributed by atoms with Crippen molar-refractivity contribution >= 4 is 17.7 Å². The minimum absolute atomic E-state index is 0.0681. The molecule has 244 valence electrons. The molecule has 0 radical (unpaired) electrons. The number of carbonyl (C=O) groups is 1. The maximum absolute atomic E-state index is 14.6. The van der Waals surface area contributed by atoms with Gasteiger partial charge in [-0.15, -0.1) is 0 Å². The van der Waals surface area contributed by atoms with Gasteiger partial charge in [-0.1, -0.05) is 111 Å². The molecule has 3 rings (SSSR count). The number of unbranched alkanes of at least 4 members (excludes halogenated alkanes) is 3. The fourth-order valence-electron chi connectivity index (χ4n) is 5.17. The molecule has 2 fully saturated rings. The quantitative estimate of drug-likeness (QED) is 0.153. The van der Waals surface area contributed by atoms with Gasteiger partial charge >= 0.3 is 0 Å². The second-order valence-corrected chi connectivity index (χ2v) is 11.1. The fraction of sp³-hybridized carbons (Fsp3) is 0.632. The summed E-state index contributed by atoms with van der Waals surface area (Å²) in [6, 6.07) is 5.35. The Bertz CT molecular complexity index is 1020. The van der Waals surface area contributed by atoms with Crippen molar-refractivity contribution in [3.8, 4) is 0 Å². The molecule has 2 aliphatic rings. The summed E-state index contributed by atoms with van der Waals surface area (Å²) in [7, 11) is 1.97. The molecule has 1 aliphatic heterocycles. The number of aliphatic imine (C=N–C) groups is 1. The van der Waals surface area contributed by atoms with Gasteiger partial charge in [-0.25, -0.2) is 9.38 Å². The van der Waals surface area contributed by atoms with E-state index in [1.165, 1.54) is 50.1 Å². The van der Waals surface area contributed by atoms with Gasteiger partial charge in [0, 0.05) is 30.9 Å². The predicted octanol–water partition coefficient (Wildman–Crippen LogP) is 11.1. The zero-order chi connectivity index (χ0) is 32.8. The Labute approximate surface area is 265 Å². The summed E-state index contributed by atoms with van der Waals surface area (Å²) in [6.45, 7) is 23.3. The van der Waals surface area contributed by atoms with Gasteiger partial charge in [0.15, 0.2) is 0 Å². The Morgan fingerprint density at radius 3 is 2.19 bits per heavy atom. The molecule has 0 spiro atoms. The molecule has 0 N–H and O–H groups in total. The molecule has 1 aliphatic carbocycles. The van der Waals surface area contributed by atoms with Crippen molar-refractivity contribution in [2.45, 2.75) is 139 Å². The van der Waals surface area contributed by atoms with Crippen LogP contribution in [-0.4, -0.2) is 41.6 Å². The highest BCUT2D eigenvalue weighted by Gasteiger charge is 2.26. The van der Waals surface area contributed by atoms with Crippen LogP contribution in [0.4, 0.5) is 4.39 Å². The molecule has 43 heavy (non-hydrogen) atoms. The first-order chi connectivity index (χ1) is 20.7. The third-order valence-corrected chi connectivity index (χ3v) is 7.92. The summed E-state index contributed by atoms with van der Waals surface area (Å²) in [4.78, 5) is 21.6. The number of benzene rings is 1. The molecular formula is C38H64FN3O. The Balaban J connectivity index is 0.00000155. The van der Waals surface area contributed by atoms with Crippen LogP contribution in [-0.2, 0) is 4.79 Å². The molecule has 1 saturated carbocycles. The summed E-state index contributed by atoms with van der Waals surface area (Å²) in [6.07, 6.45) is 18.8. The smallest absolute Gasteiger partial charge is 0.265 e. The van der Waals surface area contributed by atoms with Crippen LogP contribution in [0.3, 0.4) is 0 Å². The highest BCUT2D eigenvalue weighted by atomic mass is 19.1. The number of halogens is 1. The third-order valence-electron chi connectivity index (χ3n) is 7.92. The highest BCUT2D eigenvalue weighted by molar-refractivity contribution is 6.26. The summed E-state index contributed by atoms with van der Waals surface area (Å²) < 4.78 is 14.6. The second kappa shape index (κ2) is 23.7. The van der Waals surface area contributed by atoms with Gasteiger partial charge in [-0.2, -0.15) is 0 Å². The summed E-state index contributed by atoms with van der Waals surface area (Å²) >= 11 is 0. The number of amides is 1. The van der Waals surface area contributed by atoms with Crippen molar-refractivity contribution in [2.75, 3.05) is 13.6 Å². The lowest BCUT2D eigenvalue weighted by molar-refractivity contribution is -0.125. The number of nitrogens with zero attached hydrogens (tertiary/aromatic N) is 3. The van der Waals surface area contributed by atoms with Crippen LogP contribution in [0.25, 0.3) is 5.57 Å². The van der Waals surface area contributed by atoms with Crippen LogP contribution in [0.1, 0.15) is 137 Å². The summed E-state index contributed by atoms with van der Waals surface area (Å²) in [5, 5.41) is 0. The van der Waals surface area contributed by atoms with Crippen molar-refractivity contribution < 1.29 is 9.18 Å². The number of hydrogen-bond acceptors (Lipinski definition) is 3. The average molecular weight is 598 g/mol. The lowest BCUT2D eigenvalue weighted by Crippen LogP contribution is -2.39. The zero-order valence-electron chi connectivity index (χ0n) is 29.4. The molecule has 1 aromatic rings. The minimum Gasteiger partial charge on any atom is -0.335 e. The van der Waals surface area contributed by atoms with Gasteiger partial charge in [0.1, 0.15) is 11.6 Å². The molecule has 1 unspecified atom stereocenters. The van der Waals surface area contributed by atoms with Crippen LogP contribution in [0, 0.1) is 18.7 Å². The van der Waals surface area contributed by atoms with Gasteiger partial charge in [0.2, 0.25) is 0 Å². The number of hydrogen-bond donors (Lipinski definition) is 0. The highest BCUT2D eigenvalue weighted by Crippen LogP contribution is 2.36. The van der Waals surface area contributed by atoms with Crippen LogP contribution in [0.5, 0.6) is 0 Å². The Morgan fingerprint density at radius 2 is 1.67 bits per heavy atom. The van der Waals surface area contributed by atoms with E-state index in [0.717, 1.165) is 50.6 Å². The molecule has 5 heteroatoms. The standard InChI is InChI=1S/C28H38FN3O.C6H14.2C2H6/c1-6-26(23-12-10-13-23)31(5)27(18-21(3)24-15-14-20(2)17-25(24)29)30-19-28(33)32-16-9-7-8-11-22(32)4;1-3-5-6-4-2;2*1-2/h6,14-15,17-19,22-23H,3,7-13,16H2,1-2,4-5H3;3-6H2,1-2H3;2*1-2H3/b26-6-,27-18-,30-19+;;;. The van der Waals surface area contributed by atoms with E-state index in [1.807, 2.05) is 64.5 Å². The van der Waals surface area contributed by atoms with Gasteiger partial charge in [-0.3, -0.25) is 4.79 Å². The van der Waals surface area contributed by atoms with E-state index >= 15 is 0 Å². The Kier molecular flexibility index (Phi) is 22.2. The maximum Gasteiger partial charge on any atom is 0.265 e. The second-order valence-electron chi connectivity index (χ2n) is 11.1. The first kappa shape index (κ1) is 40.3. The number of allylic oxidation sites excluding steroid dienone is 4. The normalized spacial score (nSPS) is 17.3. The van der Waals surface area contributed by atoms with Gasteiger partial charge in [-0.05, 0) is 75.7 Å². The van der Waals surface area contributed by atoms with Crippen molar-refractivity contribution in [3.05, 3.63) is 65.4 Å². The predicted molar refractivity (Wildman–Crippen MR) is 188 cm³/mol. The molecule has 0 aromatic heterocycles. The number of carbonyl (C=O) groups excluding carboxylic acids is 1. The molecule has 1 amide bonds. The van der Waals surface area contributed by atoms with E-state index in [9.17, 15) is 9.18 Å². The third kappa shape index (κ3) is 14.1. The zero-order valence-corrected chi connectivity index (χ0v) is 29.4. The largest absolute Gasteiger partial charge is 0.335 e. The molecule has 1 atom stereocenters. The monoisotopic (exact) mass is 598 g/mol. The molecule has 1 heterocycles. The van der Waals surface area contributed by atoms with Crippen LogP contribution in [0.2, 0.25) is 0 Å². The van der Waals surface area contributed by atoms with Gasteiger partial charge in [0.05, 0.1) is 6.21 Å². The lowest BCUT2D eigenvalue weighted by atomic mass is 9.82. The maximum atomic E-state index is 14.6. The van der Waals surface area contributed by atoms with Crippen molar-refractivity contribution in [3.63, 3.8) is 0 Å². The fourth-order valence-corrected chi connectivity index (χ4v) is 5.17. The van der Waals surface area contributed by atoms with E-state index in [-0.39, 0.29) is 17.8 Å². The number of likely N-dealkylation sites (tertiary alicyclic amines) is 1. The topological polar surface area (TPSA) is 35.9 Å². The number of aryl methyl sites for hydroxylation is 1. The Morgan fingerprint density at radius 1 is 1.05 bits per heavy atom. The molecule has 0 bridgehead atoms. The van der Waals surface area contributed by atoms with E-state index in [2.05, 4.69) is 38.4 Å². The van der Waals surface area contributed by atoms with E-state index in [0.29, 0.717) is 22.9 Å². The van der Waals surface area contributed by atoms with Gasteiger partial charge in [0.25, 0.3) is 5.91 Å². The van der Waals surface area contributed by atoms with Crippen molar-refractivity contribution in [1.29, 1.82) is 0 Å². The van der Waals surface area contributed by atoms with Crippen LogP contribution >= 0.6 is 0 Å². The van der Waals surface area contributed by atoms with Crippen LogP contribution < -0.4 is 0 Å². The van der Waals surface area contributed by atoms with Crippen molar-refractivity contribution in [1.82, 2.24) is 9.80 Å².